The zero-order chi connectivity index (χ0) is 26.6. The highest BCUT2D eigenvalue weighted by molar-refractivity contribution is 7.13. The van der Waals surface area contributed by atoms with E-state index in [2.05, 4.69) is 25.2 Å². The summed E-state index contributed by atoms with van der Waals surface area (Å²) in [7, 11) is 0. The van der Waals surface area contributed by atoms with Crippen molar-refractivity contribution in [1.29, 1.82) is 0 Å². The normalized spacial score (nSPS) is 15.8. The summed E-state index contributed by atoms with van der Waals surface area (Å²) in [6.07, 6.45) is 6.29. The SMILES string of the molecule is O=C(NC1CCN(CCn2c(=O)ccc3ncc(-c4nccs4)cc32)CC1)OCc1cc2c(cn1)OCCO2. The van der Waals surface area contributed by atoms with E-state index in [1.165, 1.54) is 0 Å². The van der Waals surface area contributed by atoms with Crippen LogP contribution in [0.25, 0.3) is 21.6 Å². The topological polar surface area (TPSA) is 121 Å². The summed E-state index contributed by atoms with van der Waals surface area (Å²) in [5.41, 5.74) is 3.04. The van der Waals surface area contributed by atoms with Crippen LogP contribution in [0.3, 0.4) is 0 Å². The van der Waals surface area contributed by atoms with Gasteiger partial charge in [-0.3, -0.25) is 14.8 Å². The Morgan fingerprint density at radius 3 is 2.72 bits per heavy atom. The maximum atomic E-state index is 12.7. The zero-order valence-corrected chi connectivity index (χ0v) is 22.1. The second kappa shape index (κ2) is 11.4. The molecule has 6 rings (SSSR count). The predicted octanol–water partition coefficient (Wildman–Crippen LogP) is 3.08. The molecule has 11 nitrogen and oxygen atoms in total. The van der Waals surface area contributed by atoms with Crippen LogP contribution in [0.5, 0.6) is 11.5 Å². The highest BCUT2D eigenvalue weighted by Crippen LogP contribution is 2.29. The van der Waals surface area contributed by atoms with Gasteiger partial charge in [-0.05, 0) is 25.0 Å². The summed E-state index contributed by atoms with van der Waals surface area (Å²) in [6.45, 7) is 3.96. The molecule has 39 heavy (non-hydrogen) atoms. The summed E-state index contributed by atoms with van der Waals surface area (Å²) >= 11 is 1.54. The molecule has 1 N–H and O–H groups in total. The highest BCUT2D eigenvalue weighted by Gasteiger charge is 2.22. The predicted molar refractivity (Wildman–Crippen MR) is 145 cm³/mol. The van der Waals surface area contributed by atoms with Crippen molar-refractivity contribution in [3.05, 3.63) is 64.3 Å². The number of hydrogen-bond acceptors (Lipinski definition) is 10. The molecule has 0 radical (unpaired) electrons. The monoisotopic (exact) mass is 548 g/mol. The maximum Gasteiger partial charge on any atom is 0.407 e. The number of ether oxygens (including phenoxy) is 3. The molecule has 0 aliphatic carbocycles. The Labute approximate surface area is 228 Å². The first-order valence-electron chi connectivity index (χ1n) is 12.9. The van der Waals surface area contributed by atoms with Crippen LogP contribution in [0.2, 0.25) is 0 Å². The van der Waals surface area contributed by atoms with Gasteiger partial charge in [0, 0.05) is 67.7 Å². The Morgan fingerprint density at radius 1 is 1.05 bits per heavy atom. The van der Waals surface area contributed by atoms with Crippen LogP contribution in [0.15, 0.2) is 53.0 Å². The third-order valence-electron chi connectivity index (χ3n) is 6.90. The van der Waals surface area contributed by atoms with Crippen LogP contribution in [-0.4, -0.2) is 69.4 Å². The molecule has 0 saturated carbocycles. The average Bonchev–Trinajstić information content (AvgIpc) is 3.51. The van der Waals surface area contributed by atoms with Crippen molar-refractivity contribution in [2.45, 2.75) is 32.0 Å². The van der Waals surface area contributed by atoms with E-state index in [4.69, 9.17) is 14.2 Å². The van der Waals surface area contributed by atoms with Crippen molar-refractivity contribution in [3.8, 4) is 22.1 Å². The van der Waals surface area contributed by atoms with E-state index < -0.39 is 6.09 Å². The van der Waals surface area contributed by atoms with Gasteiger partial charge in [0.25, 0.3) is 5.56 Å². The summed E-state index contributed by atoms with van der Waals surface area (Å²) in [4.78, 5) is 40.6. The second-order valence-corrected chi connectivity index (χ2v) is 10.3. The summed E-state index contributed by atoms with van der Waals surface area (Å²) in [5.74, 6) is 1.22. The van der Waals surface area contributed by atoms with Crippen LogP contribution in [0.4, 0.5) is 4.79 Å². The van der Waals surface area contributed by atoms with E-state index >= 15 is 0 Å². The lowest BCUT2D eigenvalue weighted by molar-refractivity contribution is 0.124. The molecule has 4 aromatic heterocycles. The van der Waals surface area contributed by atoms with Crippen molar-refractivity contribution in [2.75, 3.05) is 32.8 Å². The Bertz CT molecular complexity index is 1520. The zero-order valence-electron chi connectivity index (χ0n) is 21.2. The largest absolute Gasteiger partial charge is 0.486 e. The number of likely N-dealkylation sites (tertiary alicyclic amines) is 1. The number of carbonyl (C=O) groups is 1. The number of alkyl carbamates (subject to hydrolysis) is 1. The first-order chi connectivity index (χ1) is 19.1. The third kappa shape index (κ3) is 5.86. The molecule has 0 aromatic carbocycles. The van der Waals surface area contributed by atoms with Crippen molar-refractivity contribution in [1.82, 2.24) is 29.7 Å². The van der Waals surface area contributed by atoms with Crippen LogP contribution in [-0.2, 0) is 17.9 Å². The van der Waals surface area contributed by atoms with E-state index in [0.717, 1.165) is 54.1 Å². The average molecular weight is 549 g/mol. The number of pyridine rings is 3. The van der Waals surface area contributed by atoms with Gasteiger partial charge in [0.15, 0.2) is 11.5 Å². The fourth-order valence-corrected chi connectivity index (χ4v) is 5.46. The number of nitrogens with zero attached hydrogens (tertiary/aromatic N) is 5. The van der Waals surface area contributed by atoms with Crippen LogP contribution in [0, 0.1) is 0 Å². The number of fused-ring (bicyclic) bond motifs is 2. The van der Waals surface area contributed by atoms with E-state index in [1.54, 1.807) is 52.7 Å². The van der Waals surface area contributed by atoms with Crippen molar-refractivity contribution < 1.29 is 19.0 Å². The second-order valence-electron chi connectivity index (χ2n) is 9.44. The molecule has 1 saturated heterocycles. The fraction of sp³-hybridized carbons (Fsp3) is 0.370. The Kier molecular flexibility index (Phi) is 7.37. The minimum absolute atomic E-state index is 0.0345. The number of aromatic nitrogens is 4. The molecule has 1 fully saturated rings. The fourth-order valence-electron chi connectivity index (χ4n) is 4.84. The lowest BCUT2D eigenvalue weighted by Gasteiger charge is -2.32. The standard InChI is InChI=1S/C27H28N6O5S/c34-25-2-1-21-22(13-18(15-30-21)26-28-5-12-39-26)33(25)9-8-32-6-3-19(4-7-32)31-27(35)38-17-20-14-23-24(16-29-20)37-11-10-36-23/h1-2,5,12-16,19H,3-4,6-11,17H2,(H,31,35). The number of piperidine rings is 1. The molecule has 12 heteroatoms. The summed E-state index contributed by atoms with van der Waals surface area (Å²) in [6, 6.07) is 7.09. The van der Waals surface area contributed by atoms with Crippen LogP contribution in [0.1, 0.15) is 18.5 Å². The van der Waals surface area contributed by atoms with Gasteiger partial charge in [-0.1, -0.05) is 0 Å². The molecule has 6 heterocycles. The molecule has 0 unspecified atom stereocenters. The van der Waals surface area contributed by atoms with Gasteiger partial charge in [0.05, 0.1) is 22.9 Å². The maximum absolute atomic E-state index is 12.7. The van der Waals surface area contributed by atoms with E-state index in [9.17, 15) is 9.59 Å². The molecule has 0 spiro atoms. The summed E-state index contributed by atoms with van der Waals surface area (Å²) < 4.78 is 18.2. The molecule has 0 atom stereocenters. The van der Waals surface area contributed by atoms with E-state index in [0.29, 0.717) is 37.0 Å². The number of thiazole rings is 1. The van der Waals surface area contributed by atoms with Gasteiger partial charge in [0.2, 0.25) is 0 Å². The van der Waals surface area contributed by atoms with Crippen molar-refractivity contribution >= 4 is 28.5 Å². The summed E-state index contributed by atoms with van der Waals surface area (Å²) in [5, 5.41) is 5.76. The smallest absolute Gasteiger partial charge is 0.407 e. The third-order valence-corrected chi connectivity index (χ3v) is 7.73. The van der Waals surface area contributed by atoms with E-state index in [1.807, 2.05) is 11.4 Å². The van der Waals surface area contributed by atoms with Crippen LogP contribution >= 0.6 is 11.3 Å². The molecular weight excluding hydrogens is 520 g/mol. The van der Waals surface area contributed by atoms with Gasteiger partial charge in [0.1, 0.15) is 24.8 Å². The van der Waals surface area contributed by atoms with Crippen molar-refractivity contribution in [2.24, 2.45) is 0 Å². The van der Waals surface area contributed by atoms with Gasteiger partial charge in [-0.25, -0.2) is 9.78 Å². The van der Waals surface area contributed by atoms with Gasteiger partial charge in [-0.15, -0.1) is 11.3 Å². The quantitative estimate of drug-likeness (QED) is 0.371. The molecular formula is C27H28N6O5S. The van der Waals surface area contributed by atoms with Crippen LogP contribution < -0.4 is 20.3 Å². The molecule has 2 aliphatic rings. The Morgan fingerprint density at radius 2 is 1.90 bits per heavy atom. The van der Waals surface area contributed by atoms with Crippen molar-refractivity contribution in [3.63, 3.8) is 0 Å². The highest BCUT2D eigenvalue weighted by atomic mass is 32.1. The number of nitrogens with one attached hydrogen (secondary N) is 1. The first kappa shape index (κ1) is 25.3. The van der Waals surface area contributed by atoms with Gasteiger partial charge >= 0.3 is 6.09 Å². The van der Waals surface area contributed by atoms with E-state index in [-0.39, 0.29) is 18.2 Å². The number of rotatable bonds is 7. The minimum Gasteiger partial charge on any atom is -0.486 e. The Balaban J connectivity index is 0.996. The molecule has 202 valence electrons. The van der Waals surface area contributed by atoms with Gasteiger partial charge < -0.3 is 29.0 Å². The molecule has 2 aliphatic heterocycles. The number of carbonyl (C=O) groups excluding carboxylic acids is 1. The lowest BCUT2D eigenvalue weighted by Crippen LogP contribution is -2.45. The lowest BCUT2D eigenvalue weighted by atomic mass is 10.1. The molecule has 1 amide bonds. The first-order valence-corrected chi connectivity index (χ1v) is 13.8. The number of hydrogen-bond donors (Lipinski definition) is 1. The molecule has 0 bridgehead atoms. The Hall–Kier alpha value is -4.03. The van der Waals surface area contributed by atoms with Gasteiger partial charge in [-0.2, -0.15) is 0 Å². The minimum atomic E-state index is -0.462. The number of amides is 1. The molecule has 4 aromatic rings.